The Labute approximate surface area is 231 Å². The van der Waals surface area contributed by atoms with Gasteiger partial charge >= 0.3 is 0 Å². The van der Waals surface area contributed by atoms with Crippen molar-refractivity contribution in [3.8, 4) is 17.2 Å². The Hall–Kier alpha value is -3.82. The summed E-state index contributed by atoms with van der Waals surface area (Å²) in [6.07, 6.45) is 1.18. The van der Waals surface area contributed by atoms with Crippen molar-refractivity contribution in [3.63, 3.8) is 0 Å². The number of fused-ring (bicyclic) bond motifs is 2. The molecule has 3 atom stereocenters. The molecule has 1 N–H and O–H groups in total. The van der Waals surface area contributed by atoms with E-state index in [1.54, 1.807) is 19.1 Å². The fourth-order valence-electron chi connectivity index (χ4n) is 5.81. The molecule has 3 aliphatic rings. The zero-order valence-corrected chi connectivity index (χ0v) is 22.5. The molecule has 6 rings (SSSR count). The summed E-state index contributed by atoms with van der Waals surface area (Å²) in [6.45, 7) is 1.69. The maximum Gasteiger partial charge on any atom is 0.236 e. The van der Waals surface area contributed by atoms with Crippen LogP contribution in [0.25, 0.3) is 11.0 Å². The number of ether oxygens (including phenoxy) is 3. The maximum atomic E-state index is 14.4. The summed E-state index contributed by atoms with van der Waals surface area (Å²) in [7, 11) is 2.79. The van der Waals surface area contributed by atoms with Gasteiger partial charge < -0.3 is 23.9 Å². The highest BCUT2D eigenvalue weighted by Crippen LogP contribution is 2.55. The summed E-state index contributed by atoms with van der Waals surface area (Å²) >= 11 is 12.6. The Morgan fingerprint density at radius 3 is 2.46 bits per heavy atom. The van der Waals surface area contributed by atoms with Crippen LogP contribution in [0.1, 0.15) is 41.6 Å². The Morgan fingerprint density at radius 1 is 1.00 bits per heavy atom. The van der Waals surface area contributed by atoms with Crippen molar-refractivity contribution < 1.29 is 33.0 Å². The lowest BCUT2D eigenvalue weighted by atomic mass is 9.66. The van der Waals surface area contributed by atoms with Crippen LogP contribution in [-0.2, 0) is 9.59 Å². The molecule has 0 bridgehead atoms. The molecule has 39 heavy (non-hydrogen) atoms. The molecular weight excluding hydrogens is 549 g/mol. The first-order valence-electron chi connectivity index (χ1n) is 12.1. The molecule has 0 saturated heterocycles. The molecule has 3 unspecified atom stereocenters. The quantitative estimate of drug-likeness (QED) is 0.454. The molecule has 200 valence electrons. The average Bonchev–Trinajstić information content (AvgIpc) is 3.22. The van der Waals surface area contributed by atoms with Gasteiger partial charge in [-0.3, -0.25) is 19.2 Å². The van der Waals surface area contributed by atoms with Crippen LogP contribution in [-0.4, -0.2) is 37.3 Å². The van der Waals surface area contributed by atoms with Gasteiger partial charge in [0.2, 0.25) is 23.1 Å². The Morgan fingerprint density at radius 2 is 1.74 bits per heavy atom. The summed E-state index contributed by atoms with van der Waals surface area (Å²) in [4.78, 5) is 54.8. The van der Waals surface area contributed by atoms with Crippen LogP contribution in [0.3, 0.4) is 0 Å². The van der Waals surface area contributed by atoms with Crippen LogP contribution < -0.4 is 25.0 Å². The highest BCUT2D eigenvalue weighted by Gasteiger charge is 2.63. The van der Waals surface area contributed by atoms with Crippen LogP contribution in [0.4, 0.5) is 0 Å². The number of hydrogen-bond donors (Lipinski definition) is 1. The van der Waals surface area contributed by atoms with Gasteiger partial charge in [0.1, 0.15) is 27.7 Å². The van der Waals surface area contributed by atoms with E-state index < -0.39 is 34.4 Å². The third-order valence-corrected chi connectivity index (χ3v) is 8.29. The Bertz CT molecular complexity index is 1720. The minimum Gasteiger partial charge on any atom is -0.496 e. The third-order valence-electron chi connectivity index (χ3n) is 7.69. The standard InChI is InChI=1S/C28H21Cl2NO8/c1-11-6-16-21(13(8-20(32)31-16)15-10-38-17-5-4-12(29)7-14(17)24(15)33)26(34)28(11)27(35)22-18(36-2)9-19(37-3)23(30)25(22)39-28/h4-5,7,9-11,13H,6,8H2,1-3H3,(H,31,32). The van der Waals surface area contributed by atoms with E-state index in [9.17, 15) is 19.2 Å². The van der Waals surface area contributed by atoms with Crippen LogP contribution in [0.5, 0.6) is 17.2 Å². The van der Waals surface area contributed by atoms with Crippen molar-refractivity contribution in [1.82, 2.24) is 5.32 Å². The van der Waals surface area contributed by atoms with Gasteiger partial charge in [0.25, 0.3) is 0 Å². The van der Waals surface area contributed by atoms with Gasteiger partial charge in [0.15, 0.2) is 11.2 Å². The number of Topliss-reactive ketones (excluding diaryl/α,β-unsaturated/α-hetero) is 2. The van der Waals surface area contributed by atoms with Crippen LogP contribution in [0, 0.1) is 5.92 Å². The van der Waals surface area contributed by atoms with E-state index in [1.807, 2.05) is 0 Å². The topological polar surface area (TPSA) is 121 Å². The van der Waals surface area contributed by atoms with Crippen molar-refractivity contribution in [1.29, 1.82) is 0 Å². The van der Waals surface area contributed by atoms with Crippen LogP contribution >= 0.6 is 23.2 Å². The lowest BCUT2D eigenvalue weighted by Gasteiger charge is -2.41. The van der Waals surface area contributed by atoms with Gasteiger partial charge in [0, 0.05) is 46.2 Å². The van der Waals surface area contributed by atoms with Gasteiger partial charge in [-0.25, -0.2) is 0 Å². The Balaban J connectivity index is 1.53. The molecule has 1 aliphatic carbocycles. The lowest BCUT2D eigenvalue weighted by molar-refractivity contribution is -0.131. The largest absolute Gasteiger partial charge is 0.496 e. The minimum absolute atomic E-state index is 0.0154. The van der Waals surface area contributed by atoms with E-state index in [0.29, 0.717) is 16.3 Å². The predicted octanol–water partition coefficient (Wildman–Crippen LogP) is 4.60. The summed E-state index contributed by atoms with van der Waals surface area (Å²) < 4.78 is 22.6. The maximum absolute atomic E-state index is 14.4. The normalized spacial score (nSPS) is 24.0. The summed E-state index contributed by atoms with van der Waals surface area (Å²) in [5, 5.41) is 3.34. The van der Waals surface area contributed by atoms with Crippen molar-refractivity contribution in [3.05, 3.63) is 73.2 Å². The zero-order valence-electron chi connectivity index (χ0n) is 21.0. The van der Waals surface area contributed by atoms with Crippen LogP contribution in [0.15, 0.2) is 51.0 Å². The summed E-state index contributed by atoms with van der Waals surface area (Å²) in [6, 6.07) is 6.08. The zero-order chi connectivity index (χ0) is 27.8. The van der Waals surface area contributed by atoms with Gasteiger partial charge in [-0.1, -0.05) is 30.1 Å². The molecule has 3 heterocycles. The minimum atomic E-state index is -1.98. The van der Waals surface area contributed by atoms with E-state index in [4.69, 9.17) is 41.8 Å². The van der Waals surface area contributed by atoms with Crippen molar-refractivity contribution >= 4 is 51.6 Å². The molecule has 11 heteroatoms. The fourth-order valence-corrected chi connectivity index (χ4v) is 6.25. The molecule has 0 fully saturated rings. The highest BCUT2D eigenvalue weighted by molar-refractivity contribution is 6.36. The molecule has 9 nitrogen and oxygen atoms in total. The van der Waals surface area contributed by atoms with Crippen molar-refractivity contribution in [2.24, 2.45) is 5.92 Å². The number of amides is 1. The number of ketones is 2. The molecule has 1 aromatic heterocycles. The molecule has 0 radical (unpaired) electrons. The first-order chi connectivity index (χ1) is 18.6. The monoisotopic (exact) mass is 569 g/mol. The molecule has 0 saturated carbocycles. The fraction of sp³-hybridized carbons (Fsp3) is 0.286. The molecule has 1 spiro atoms. The van der Waals surface area contributed by atoms with Gasteiger partial charge in [-0.05, 0) is 24.6 Å². The molecule has 2 aromatic carbocycles. The van der Waals surface area contributed by atoms with Crippen molar-refractivity contribution in [2.45, 2.75) is 31.3 Å². The van der Waals surface area contributed by atoms with Gasteiger partial charge in [-0.15, -0.1) is 0 Å². The molecular formula is C28H21Cl2NO8. The van der Waals surface area contributed by atoms with Crippen LogP contribution in [0.2, 0.25) is 10.0 Å². The van der Waals surface area contributed by atoms with E-state index in [0.717, 1.165) is 0 Å². The molecule has 3 aromatic rings. The third kappa shape index (κ3) is 3.46. The number of allylic oxidation sites excluding steroid dienone is 1. The average molecular weight is 570 g/mol. The predicted molar refractivity (Wildman–Crippen MR) is 141 cm³/mol. The Kier molecular flexibility index (Phi) is 5.78. The number of hydrogen-bond acceptors (Lipinski definition) is 8. The SMILES string of the molecule is COc1cc(OC)c2c(c1Cl)OC1(C(=O)C3=C(CC1C)NC(=O)CC3c1coc3ccc(Cl)cc3c1=O)C2=O. The smallest absolute Gasteiger partial charge is 0.236 e. The van der Waals surface area contributed by atoms with E-state index in [1.165, 1.54) is 32.6 Å². The number of halogens is 2. The van der Waals surface area contributed by atoms with E-state index in [2.05, 4.69) is 5.32 Å². The number of carbonyl (C=O) groups excluding carboxylic acids is 3. The van der Waals surface area contributed by atoms with Crippen molar-refractivity contribution in [2.75, 3.05) is 14.2 Å². The molecule has 1 amide bonds. The van der Waals surface area contributed by atoms with E-state index >= 15 is 0 Å². The highest BCUT2D eigenvalue weighted by atomic mass is 35.5. The number of methoxy groups -OCH3 is 2. The second kappa shape index (κ2) is 8.86. The number of nitrogens with one attached hydrogen (secondary N) is 1. The van der Waals surface area contributed by atoms with Gasteiger partial charge in [0.05, 0.1) is 25.9 Å². The summed E-state index contributed by atoms with van der Waals surface area (Å²) in [5.41, 5.74) is -1.51. The molecule has 2 aliphatic heterocycles. The number of benzene rings is 2. The first-order valence-corrected chi connectivity index (χ1v) is 12.8. The summed E-state index contributed by atoms with van der Waals surface area (Å²) in [5.74, 6) is -2.97. The first kappa shape index (κ1) is 25.5. The number of carbonyl (C=O) groups is 3. The second-order valence-corrected chi connectivity index (χ2v) is 10.6. The number of rotatable bonds is 3. The van der Waals surface area contributed by atoms with Gasteiger partial charge in [-0.2, -0.15) is 0 Å². The van der Waals surface area contributed by atoms with E-state index in [-0.39, 0.29) is 63.1 Å². The lowest BCUT2D eigenvalue weighted by Crippen LogP contribution is -2.59. The second-order valence-electron chi connectivity index (χ2n) is 9.76.